The molecule has 1 saturated heterocycles. The summed E-state index contributed by atoms with van der Waals surface area (Å²) in [6.07, 6.45) is 0. The Labute approximate surface area is 227 Å². The van der Waals surface area contributed by atoms with Crippen molar-refractivity contribution < 1.29 is 37.8 Å². The molecule has 3 atom stereocenters. The molecule has 0 radical (unpaired) electrons. The molecule has 0 unspecified atom stereocenters. The van der Waals surface area contributed by atoms with Crippen molar-refractivity contribution in [2.45, 2.75) is 24.3 Å². The lowest BCUT2D eigenvalue weighted by molar-refractivity contribution is -0.141. The number of anilines is 1. The van der Waals surface area contributed by atoms with E-state index in [0.29, 0.717) is 17.0 Å². The Bertz CT molecular complexity index is 1370. The van der Waals surface area contributed by atoms with Crippen LogP contribution >= 0.6 is 11.8 Å². The van der Waals surface area contributed by atoms with E-state index in [4.69, 9.17) is 9.84 Å². The number of hydrogen-bond donors (Lipinski definition) is 2. The summed E-state index contributed by atoms with van der Waals surface area (Å²) in [5.74, 6) is -2.79. The quantitative estimate of drug-likeness (QED) is 0.272. The second-order valence-corrected chi connectivity index (χ2v) is 9.91. The van der Waals surface area contributed by atoms with Crippen molar-refractivity contribution in [3.8, 4) is 5.75 Å². The molecule has 4 rings (SSSR count). The third kappa shape index (κ3) is 6.61. The zero-order valence-corrected chi connectivity index (χ0v) is 21.5. The summed E-state index contributed by atoms with van der Waals surface area (Å²) in [7, 11) is 0. The fourth-order valence-electron chi connectivity index (χ4n) is 3.98. The molecule has 8 nitrogen and oxygen atoms in total. The minimum Gasteiger partial charge on any atom is -0.484 e. The van der Waals surface area contributed by atoms with Crippen LogP contribution in [0.25, 0.3) is 0 Å². The number of nitrogens with zero attached hydrogens (tertiary/aromatic N) is 1. The maximum absolute atomic E-state index is 13.5. The van der Waals surface area contributed by atoms with E-state index in [-0.39, 0.29) is 24.1 Å². The van der Waals surface area contributed by atoms with E-state index in [1.807, 2.05) is 0 Å². The predicted octanol–water partition coefficient (Wildman–Crippen LogP) is 4.01. The standard InChI is InChI=1S/C28H24F2N2O6S/c1-16(28(36)37)31-24(34)14-38-22-12-4-18(5-13-22)25-26(27(35)32(25)21-10-8-20(30)9-11-21)39-15-23(33)17-2-6-19(29)7-3-17/h2-13,16,25-26H,14-15H2,1H3,(H,31,34)(H,36,37)/t16-,25-,26+/m1/s1. The van der Waals surface area contributed by atoms with Crippen LogP contribution in [0.3, 0.4) is 0 Å². The van der Waals surface area contributed by atoms with Crippen LogP contribution in [0.1, 0.15) is 28.9 Å². The van der Waals surface area contributed by atoms with Crippen LogP contribution < -0.4 is 15.0 Å². The summed E-state index contributed by atoms with van der Waals surface area (Å²) in [4.78, 5) is 50.1. The Morgan fingerprint density at radius 1 is 0.974 bits per heavy atom. The van der Waals surface area contributed by atoms with Gasteiger partial charge in [0.2, 0.25) is 5.91 Å². The number of β-lactam (4-membered cyclic amide) rings is 1. The number of ether oxygens (including phenoxy) is 1. The number of Topliss-reactive ketones (excluding diaryl/α,β-unsaturated/α-hetero) is 1. The average Bonchev–Trinajstić information content (AvgIpc) is 2.92. The lowest BCUT2D eigenvalue weighted by Crippen LogP contribution is -2.57. The van der Waals surface area contributed by atoms with Gasteiger partial charge >= 0.3 is 5.97 Å². The molecule has 11 heteroatoms. The molecule has 39 heavy (non-hydrogen) atoms. The van der Waals surface area contributed by atoms with Crippen LogP contribution in [-0.4, -0.2) is 52.3 Å². The third-order valence-corrected chi connectivity index (χ3v) is 7.30. The number of carboxylic acid groups (broad SMARTS) is 1. The minimum absolute atomic E-state index is 0.000862. The summed E-state index contributed by atoms with van der Waals surface area (Å²) in [6.45, 7) is 0.952. The highest BCUT2D eigenvalue weighted by molar-refractivity contribution is 8.01. The highest BCUT2D eigenvalue weighted by atomic mass is 32.2. The number of carbonyl (C=O) groups excluding carboxylic acids is 3. The first-order valence-electron chi connectivity index (χ1n) is 11.9. The van der Waals surface area contributed by atoms with Gasteiger partial charge in [-0.25, -0.2) is 8.78 Å². The lowest BCUT2D eigenvalue weighted by Gasteiger charge is -2.47. The van der Waals surface area contributed by atoms with E-state index >= 15 is 0 Å². The summed E-state index contributed by atoms with van der Waals surface area (Å²) in [5, 5.41) is 10.6. The van der Waals surface area contributed by atoms with Crippen molar-refractivity contribution in [1.82, 2.24) is 5.32 Å². The van der Waals surface area contributed by atoms with Crippen molar-refractivity contribution in [3.05, 3.63) is 95.6 Å². The molecule has 1 fully saturated rings. The monoisotopic (exact) mass is 554 g/mol. The van der Waals surface area contributed by atoms with Crippen LogP contribution in [0.15, 0.2) is 72.8 Å². The summed E-state index contributed by atoms with van der Waals surface area (Å²) in [6, 6.07) is 15.8. The first-order valence-corrected chi connectivity index (χ1v) is 12.9. The van der Waals surface area contributed by atoms with E-state index in [2.05, 4.69) is 5.32 Å². The van der Waals surface area contributed by atoms with E-state index in [1.165, 1.54) is 72.1 Å². The number of ketones is 1. The third-order valence-electron chi connectivity index (χ3n) is 6.05. The van der Waals surface area contributed by atoms with E-state index < -0.39 is 40.8 Å². The predicted molar refractivity (Wildman–Crippen MR) is 141 cm³/mol. The number of aliphatic carboxylic acids is 1. The Morgan fingerprint density at radius 2 is 1.56 bits per heavy atom. The van der Waals surface area contributed by atoms with Gasteiger partial charge in [-0.1, -0.05) is 12.1 Å². The zero-order chi connectivity index (χ0) is 28.1. The number of halogens is 2. The molecule has 3 aromatic carbocycles. The highest BCUT2D eigenvalue weighted by Crippen LogP contribution is 2.45. The Kier molecular flexibility index (Phi) is 8.60. The van der Waals surface area contributed by atoms with Crippen LogP contribution in [0, 0.1) is 11.6 Å². The fraction of sp³-hybridized carbons (Fsp3) is 0.214. The van der Waals surface area contributed by atoms with Gasteiger partial charge < -0.3 is 20.1 Å². The molecule has 0 spiro atoms. The molecule has 0 aromatic heterocycles. The normalized spacial score (nSPS) is 17.2. The van der Waals surface area contributed by atoms with Gasteiger partial charge in [0.1, 0.15) is 28.7 Å². The number of hydrogen-bond acceptors (Lipinski definition) is 6. The minimum atomic E-state index is -1.17. The molecule has 2 N–H and O–H groups in total. The topological polar surface area (TPSA) is 113 Å². The van der Waals surface area contributed by atoms with E-state index in [0.717, 1.165) is 5.56 Å². The van der Waals surface area contributed by atoms with Crippen LogP contribution in [0.2, 0.25) is 0 Å². The smallest absolute Gasteiger partial charge is 0.325 e. The molecule has 0 saturated carbocycles. The lowest BCUT2D eigenvalue weighted by atomic mass is 9.92. The SMILES string of the molecule is C[C@@H](NC(=O)COc1ccc([C@@H]2[C@H](SCC(=O)c3ccc(F)cc3)C(=O)N2c2ccc(F)cc2)cc1)C(=O)O. The average molecular weight is 555 g/mol. The summed E-state index contributed by atoms with van der Waals surface area (Å²) in [5.41, 5.74) is 1.56. The molecular weight excluding hydrogens is 530 g/mol. The van der Waals surface area contributed by atoms with Crippen molar-refractivity contribution in [3.63, 3.8) is 0 Å². The van der Waals surface area contributed by atoms with Gasteiger partial charge in [0.15, 0.2) is 12.4 Å². The molecule has 1 aliphatic heterocycles. The van der Waals surface area contributed by atoms with Crippen LogP contribution in [-0.2, 0) is 14.4 Å². The number of carbonyl (C=O) groups is 4. The molecular formula is C28H24F2N2O6S. The molecule has 1 heterocycles. The summed E-state index contributed by atoms with van der Waals surface area (Å²) >= 11 is 1.17. The number of carboxylic acids is 1. The van der Waals surface area contributed by atoms with Gasteiger partial charge in [0, 0.05) is 11.3 Å². The first-order chi connectivity index (χ1) is 18.6. The number of rotatable bonds is 11. The number of amides is 2. The highest BCUT2D eigenvalue weighted by Gasteiger charge is 2.49. The van der Waals surface area contributed by atoms with Gasteiger partial charge in [-0.3, -0.25) is 19.2 Å². The van der Waals surface area contributed by atoms with Crippen LogP contribution in [0.5, 0.6) is 5.75 Å². The van der Waals surface area contributed by atoms with Gasteiger partial charge in [0.25, 0.3) is 5.91 Å². The molecule has 202 valence electrons. The van der Waals surface area contributed by atoms with E-state index in [9.17, 15) is 28.0 Å². The Hall–Kier alpha value is -4.25. The maximum Gasteiger partial charge on any atom is 0.325 e. The molecule has 0 aliphatic carbocycles. The van der Waals surface area contributed by atoms with Gasteiger partial charge in [-0.15, -0.1) is 11.8 Å². The van der Waals surface area contributed by atoms with Crippen molar-refractivity contribution in [1.29, 1.82) is 0 Å². The Morgan fingerprint density at radius 3 is 2.15 bits per heavy atom. The molecule has 3 aromatic rings. The van der Waals surface area contributed by atoms with Crippen molar-refractivity contribution in [2.75, 3.05) is 17.3 Å². The van der Waals surface area contributed by atoms with Crippen molar-refractivity contribution in [2.24, 2.45) is 0 Å². The van der Waals surface area contributed by atoms with Gasteiger partial charge in [0.05, 0.1) is 11.8 Å². The number of thioether (sulfide) groups is 1. The molecule has 1 aliphatic rings. The van der Waals surface area contributed by atoms with Crippen molar-refractivity contribution >= 4 is 41.0 Å². The zero-order valence-electron chi connectivity index (χ0n) is 20.7. The fourth-order valence-corrected chi connectivity index (χ4v) is 5.19. The Balaban J connectivity index is 1.47. The van der Waals surface area contributed by atoms with E-state index in [1.54, 1.807) is 24.3 Å². The summed E-state index contributed by atoms with van der Waals surface area (Å²) < 4.78 is 32.1. The molecule has 2 amide bonds. The molecule has 0 bridgehead atoms. The second-order valence-electron chi connectivity index (χ2n) is 8.78. The maximum atomic E-state index is 13.5. The second kappa shape index (κ2) is 12.1. The van der Waals surface area contributed by atoms with Gasteiger partial charge in [-0.05, 0) is 73.2 Å². The van der Waals surface area contributed by atoms with Crippen LogP contribution in [0.4, 0.5) is 14.5 Å². The number of nitrogens with one attached hydrogen (secondary N) is 1. The largest absolute Gasteiger partial charge is 0.484 e. The van der Waals surface area contributed by atoms with Gasteiger partial charge in [-0.2, -0.15) is 0 Å². The number of benzene rings is 3. The first kappa shape index (κ1) is 27.8.